The average Bonchev–Trinajstić information content (AvgIpc) is 3.05. The highest BCUT2D eigenvalue weighted by molar-refractivity contribution is 6.30. The molecule has 4 amide bonds. The number of benzene rings is 2. The van der Waals surface area contributed by atoms with E-state index in [1.54, 1.807) is 31.4 Å². The number of nitrogens with one attached hydrogen (secondary N) is 1. The number of nitrogens with zero attached hydrogens (tertiary/aromatic N) is 2. The van der Waals surface area contributed by atoms with Gasteiger partial charge in [0.15, 0.2) is 5.41 Å². The highest BCUT2D eigenvalue weighted by Gasteiger charge is 2.62. The van der Waals surface area contributed by atoms with Crippen molar-refractivity contribution in [3.05, 3.63) is 54.1 Å². The molecule has 0 bridgehead atoms. The molecule has 160 valence electrons. The fourth-order valence-electron chi connectivity index (χ4n) is 5.34. The summed E-state index contributed by atoms with van der Waals surface area (Å²) in [5.74, 6) is -0.308. The van der Waals surface area contributed by atoms with Crippen LogP contribution in [0.1, 0.15) is 31.2 Å². The predicted molar refractivity (Wildman–Crippen MR) is 116 cm³/mol. The van der Waals surface area contributed by atoms with Crippen LogP contribution in [0, 0.1) is 5.41 Å². The number of fused-ring (bicyclic) bond motifs is 4. The molecule has 2 unspecified atom stereocenters. The van der Waals surface area contributed by atoms with Gasteiger partial charge in [-0.15, -0.1) is 0 Å². The smallest absolute Gasteiger partial charge is 0.335 e. The van der Waals surface area contributed by atoms with Crippen LogP contribution in [0.25, 0.3) is 0 Å². The summed E-state index contributed by atoms with van der Waals surface area (Å²) in [5, 5.41) is 2.50. The zero-order chi connectivity index (χ0) is 21.6. The maximum absolute atomic E-state index is 14.0. The van der Waals surface area contributed by atoms with Crippen LogP contribution in [-0.4, -0.2) is 37.5 Å². The first kappa shape index (κ1) is 19.6. The number of rotatable bonds is 2. The molecular formula is C24H25N3O4. The second-order valence-corrected chi connectivity index (χ2v) is 8.43. The molecule has 5 rings (SSSR count). The molecule has 31 heavy (non-hydrogen) atoms. The molecular weight excluding hydrogens is 394 g/mol. The van der Waals surface area contributed by atoms with Crippen LogP contribution in [0.5, 0.6) is 5.75 Å². The molecule has 1 N–H and O–H groups in total. The Labute approximate surface area is 181 Å². The molecule has 7 heteroatoms. The number of amides is 4. The van der Waals surface area contributed by atoms with Gasteiger partial charge in [0.1, 0.15) is 5.75 Å². The third kappa shape index (κ3) is 2.91. The summed E-state index contributed by atoms with van der Waals surface area (Å²) in [5.41, 5.74) is 1.14. The predicted octanol–water partition coefficient (Wildman–Crippen LogP) is 3.27. The highest BCUT2D eigenvalue weighted by atomic mass is 16.5. The van der Waals surface area contributed by atoms with Gasteiger partial charge in [0, 0.05) is 12.2 Å². The maximum atomic E-state index is 14.0. The van der Waals surface area contributed by atoms with Crippen LogP contribution in [0.4, 0.5) is 16.2 Å². The normalized spacial score (nSPS) is 25.6. The molecule has 2 atom stereocenters. The summed E-state index contributed by atoms with van der Waals surface area (Å²) in [7, 11) is 1.56. The van der Waals surface area contributed by atoms with Crippen LogP contribution in [0.2, 0.25) is 0 Å². The monoisotopic (exact) mass is 419 g/mol. The van der Waals surface area contributed by atoms with Gasteiger partial charge in [-0.2, -0.15) is 0 Å². The van der Waals surface area contributed by atoms with Crippen LogP contribution in [0.15, 0.2) is 48.5 Å². The van der Waals surface area contributed by atoms with Crippen molar-refractivity contribution in [1.29, 1.82) is 0 Å². The van der Waals surface area contributed by atoms with E-state index < -0.39 is 23.3 Å². The van der Waals surface area contributed by atoms with Crippen LogP contribution in [0.3, 0.4) is 0 Å². The summed E-state index contributed by atoms with van der Waals surface area (Å²) in [6.07, 6.45) is 4.04. The summed E-state index contributed by atoms with van der Waals surface area (Å²) in [6, 6.07) is 13.7. The number of para-hydroxylation sites is 1. The standard InChI is InChI=1S/C24H25N3O4/c1-31-18-12-10-17(11-13-18)27-22(29)24(21(28)25-23(27)30)15-16-7-4-5-8-19(16)26-14-6-2-3-9-20(24)26/h4-5,7-8,10-13,20H,2-3,6,9,14-15H2,1H3,(H,25,28,30). The molecule has 1 spiro atoms. The first-order chi connectivity index (χ1) is 15.1. The van der Waals surface area contributed by atoms with Gasteiger partial charge >= 0.3 is 6.03 Å². The summed E-state index contributed by atoms with van der Waals surface area (Å²) in [6.45, 7) is 0.792. The lowest BCUT2D eigenvalue weighted by Gasteiger charge is -2.51. The zero-order valence-electron chi connectivity index (χ0n) is 17.5. The van der Waals surface area contributed by atoms with E-state index in [1.165, 1.54) is 0 Å². The molecule has 7 nitrogen and oxygen atoms in total. The summed E-state index contributed by atoms with van der Waals surface area (Å²) in [4.78, 5) is 43.6. The minimum absolute atomic E-state index is 0.286. The average molecular weight is 419 g/mol. The zero-order valence-corrected chi connectivity index (χ0v) is 17.5. The molecule has 2 aromatic rings. The van der Waals surface area contributed by atoms with E-state index in [0.29, 0.717) is 11.4 Å². The quantitative estimate of drug-likeness (QED) is 0.756. The molecule has 0 aliphatic carbocycles. The van der Waals surface area contributed by atoms with Crippen molar-refractivity contribution in [2.45, 2.75) is 38.1 Å². The number of barbiturate groups is 1. The van der Waals surface area contributed by atoms with E-state index in [-0.39, 0.29) is 12.5 Å². The first-order valence-corrected chi connectivity index (χ1v) is 10.7. The topological polar surface area (TPSA) is 79.0 Å². The van der Waals surface area contributed by atoms with Crippen LogP contribution >= 0.6 is 0 Å². The minimum Gasteiger partial charge on any atom is -0.497 e. The molecule has 3 aliphatic heterocycles. The number of anilines is 2. The third-order valence-corrected chi connectivity index (χ3v) is 6.84. The van der Waals surface area contributed by atoms with E-state index in [4.69, 9.17) is 4.74 Å². The second kappa shape index (κ2) is 7.41. The Hall–Kier alpha value is -3.35. The maximum Gasteiger partial charge on any atom is 0.335 e. The number of hydrogen-bond acceptors (Lipinski definition) is 5. The Balaban J connectivity index is 1.64. The molecule has 2 saturated heterocycles. The molecule has 3 aliphatic rings. The van der Waals surface area contributed by atoms with Gasteiger partial charge in [0.2, 0.25) is 5.91 Å². The van der Waals surface area contributed by atoms with Crippen molar-refractivity contribution >= 4 is 29.2 Å². The van der Waals surface area contributed by atoms with E-state index >= 15 is 0 Å². The molecule has 0 radical (unpaired) electrons. The highest BCUT2D eigenvalue weighted by Crippen LogP contribution is 2.47. The molecule has 0 aromatic heterocycles. The van der Waals surface area contributed by atoms with Crippen molar-refractivity contribution < 1.29 is 19.1 Å². The van der Waals surface area contributed by atoms with Gasteiger partial charge < -0.3 is 9.64 Å². The molecule has 3 heterocycles. The molecule has 0 saturated carbocycles. The van der Waals surface area contributed by atoms with Gasteiger partial charge in [-0.1, -0.05) is 31.0 Å². The van der Waals surface area contributed by atoms with Gasteiger partial charge in [0.25, 0.3) is 5.91 Å². The fourth-order valence-corrected chi connectivity index (χ4v) is 5.34. The Morgan fingerprint density at radius 3 is 2.55 bits per heavy atom. The summed E-state index contributed by atoms with van der Waals surface area (Å²) >= 11 is 0. The fraction of sp³-hybridized carbons (Fsp3) is 0.375. The Morgan fingerprint density at radius 1 is 1.00 bits per heavy atom. The van der Waals surface area contributed by atoms with Crippen molar-refractivity contribution in [1.82, 2.24) is 5.32 Å². The van der Waals surface area contributed by atoms with Crippen LogP contribution < -0.4 is 19.9 Å². The number of imide groups is 2. The number of carbonyl (C=O) groups is 3. The van der Waals surface area contributed by atoms with Crippen molar-refractivity contribution in [3.8, 4) is 5.75 Å². The van der Waals surface area contributed by atoms with Gasteiger partial charge in [-0.05, 0) is 55.2 Å². The minimum atomic E-state index is -1.34. The van der Waals surface area contributed by atoms with E-state index in [1.807, 2.05) is 18.2 Å². The lowest BCUT2D eigenvalue weighted by molar-refractivity contribution is -0.144. The molecule has 2 fully saturated rings. The number of methoxy groups -OCH3 is 1. The Bertz CT molecular complexity index is 1050. The van der Waals surface area contributed by atoms with E-state index in [0.717, 1.165) is 48.4 Å². The van der Waals surface area contributed by atoms with Gasteiger partial charge in [-0.3, -0.25) is 14.9 Å². The molecule has 2 aromatic carbocycles. The Morgan fingerprint density at radius 2 is 1.77 bits per heavy atom. The second-order valence-electron chi connectivity index (χ2n) is 8.43. The first-order valence-electron chi connectivity index (χ1n) is 10.7. The van der Waals surface area contributed by atoms with E-state index in [9.17, 15) is 14.4 Å². The lowest BCUT2D eigenvalue weighted by Crippen LogP contribution is -2.72. The number of carbonyl (C=O) groups excluding carboxylic acids is 3. The number of urea groups is 1. The van der Waals surface area contributed by atoms with Crippen molar-refractivity contribution in [3.63, 3.8) is 0 Å². The number of ether oxygens (including phenoxy) is 1. The van der Waals surface area contributed by atoms with Crippen LogP contribution in [-0.2, 0) is 16.0 Å². The Kier molecular flexibility index (Phi) is 4.68. The van der Waals surface area contributed by atoms with Crippen molar-refractivity contribution in [2.24, 2.45) is 5.41 Å². The van der Waals surface area contributed by atoms with Gasteiger partial charge in [-0.25, -0.2) is 9.69 Å². The number of hydrogen-bond donors (Lipinski definition) is 1. The summed E-state index contributed by atoms with van der Waals surface area (Å²) < 4.78 is 5.20. The third-order valence-electron chi connectivity index (χ3n) is 6.84. The SMILES string of the molecule is COc1ccc(N2C(=O)NC(=O)C3(Cc4ccccc4N4CCCCCC43)C2=O)cc1. The van der Waals surface area contributed by atoms with E-state index in [2.05, 4.69) is 16.3 Å². The van der Waals surface area contributed by atoms with Gasteiger partial charge in [0.05, 0.1) is 18.8 Å². The largest absolute Gasteiger partial charge is 0.497 e. The van der Waals surface area contributed by atoms with Crippen molar-refractivity contribution in [2.75, 3.05) is 23.5 Å². The lowest BCUT2D eigenvalue weighted by atomic mass is 9.67.